The minimum absolute atomic E-state index is 0.0360. The van der Waals surface area contributed by atoms with E-state index in [0.29, 0.717) is 29.9 Å². The van der Waals surface area contributed by atoms with E-state index >= 15 is 0 Å². The van der Waals surface area contributed by atoms with Crippen LogP contribution in [0.1, 0.15) is 68.1 Å². The van der Waals surface area contributed by atoms with Gasteiger partial charge in [0.05, 0.1) is 11.5 Å². The van der Waals surface area contributed by atoms with Gasteiger partial charge in [-0.3, -0.25) is 0 Å². The van der Waals surface area contributed by atoms with Crippen LogP contribution in [-0.4, -0.2) is 33.7 Å². The van der Waals surface area contributed by atoms with E-state index in [1.54, 1.807) is 4.90 Å². The van der Waals surface area contributed by atoms with Crippen LogP contribution < -0.4 is 5.32 Å². The number of allylic oxidation sites excluding steroid dienone is 4. The number of anilines is 1. The van der Waals surface area contributed by atoms with E-state index < -0.39 is 11.7 Å². The van der Waals surface area contributed by atoms with E-state index in [4.69, 9.17) is 9.51 Å². The Kier molecular flexibility index (Phi) is 5.95. The number of alkyl halides is 3. The summed E-state index contributed by atoms with van der Waals surface area (Å²) in [6.07, 6.45) is 6.85. The Morgan fingerprint density at radius 2 is 2.00 bits per heavy atom. The zero-order chi connectivity index (χ0) is 23.9. The summed E-state index contributed by atoms with van der Waals surface area (Å²) in [6, 6.07) is 4.10. The second-order valence-electron chi connectivity index (χ2n) is 9.41. The van der Waals surface area contributed by atoms with Crippen LogP contribution in [0.2, 0.25) is 0 Å². The molecule has 34 heavy (non-hydrogen) atoms. The monoisotopic (exact) mass is 472 g/mol. The lowest BCUT2D eigenvalue weighted by molar-refractivity contribution is -0.137. The Bertz CT molecular complexity index is 1110. The molecule has 4 unspecified atom stereocenters. The van der Waals surface area contributed by atoms with Crippen LogP contribution in [0.15, 0.2) is 52.6 Å². The fourth-order valence-corrected chi connectivity index (χ4v) is 5.31. The van der Waals surface area contributed by atoms with Gasteiger partial charge in [-0.2, -0.15) is 18.2 Å². The summed E-state index contributed by atoms with van der Waals surface area (Å²) >= 11 is 0. The average molecular weight is 473 g/mol. The Morgan fingerprint density at radius 3 is 2.68 bits per heavy atom. The lowest BCUT2D eigenvalue weighted by Gasteiger charge is -2.48. The number of fused-ring (bicyclic) bond motifs is 3. The molecule has 6 nitrogen and oxygen atoms in total. The summed E-state index contributed by atoms with van der Waals surface area (Å²) in [7, 11) is 0. The number of piperidine rings is 2. The highest BCUT2D eigenvalue weighted by atomic mass is 19.4. The number of benzene rings is 1. The molecule has 2 aliphatic carbocycles. The third-order valence-electron chi connectivity index (χ3n) is 7.19. The number of hydrogen-bond acceptors (Lipinski definition) is 4. The zero-order valence-electron chi connectivity index (χ0n) is 18.9. The van der Waals surface area contributed by atoms with Gasteiger partial charge in [-0.1, -0.05) is 30.3 Å². The van der Waals surface area contributed by atoms with Crippen molar-refractivity contribution in [1.82, 2.24) is 15.0 Å². The van der Waals surface area contributed by atoms with Gasteiger partial charge in [-0.25, -0.2) is 4.79 Å². The Labute approximate surface area is 195 Å². The van der Waals surface area contributed by atoms with Crippen molar-refractivity contribution in [2.45, 2.75) is 63.1 Å². The van der Waals surface area contributed by atoms with Crippen molar-refractivity contribution in [3.05, 3.63) is 65.3 Å². The summed E-state index contributed by atoms with van der Waals surface area (Å²) in [6.45, 7) is 2.68. The number of rotatable bonds is 4. The highest BCUT2D eigenvalue weighted by Gasteiger charge is 2.46. The maximum Gasteiger partial charge on any atom is 0.416 e. The molecule has 1 aromatic carbocycles. The summed E-state index contributed by atoms with van der Waals surface area (Å²) in [5, 5.41) is 7.00. The van der Waals surface area contributed by atoms with Gasteiger partial charge < -0.3 is 14.7 Å². The number of urea groups is 1. The molecule has 1 saturated carbocycles. The van der Waals surface area contributed by atoms with E-state index in [1.807, 2.05) is 0 Å². The third kappa shape index (κ3) is 4.48. The molecule has 4 aliphatic rings. The van der Waals surface area contributed by atoms with Crippen LogP contribution in [0.5, 0.6) is 0 Å². The molecule has 0 radical (unpaired) electrons. The molecule has 2 aromatic rings. The molecule has 3 heterocycles. The van der Waals surface area contributed by atoms with Crippen LogP contribution >= 0.6 is 0 Å². The van der Waals surface area contributed by atoms with Crippen LogP contribution in [0.3, 0.4) is 0 Å². The standard InChI is InChI=1S/C25H27F3N4O2/c1-15(17-5-3-2-4-6-17)22-30-23(34-31-22)20-13-16-7-12-21(20)32(14-16)24(33)29-19-10-8-18(9-11-19)25(26,27)28/h3,5-6,8-11,15-16,20-21H,2,4,7,12-14H2,1H3,(H,29,33). The first-order valence-electron chi connectivity index (χ1n) is 11.7. The second kappa shape index (κ2) is 8.92. The lowest BCUT2D eigenvalue weighted by atomic mass is 9.72. The summed E-state index contributed by atoms with van der Waals surface area (Å²) < 4.78 is 44.1. The number of carbonyl (C=O) groups is 1. The topological polar surface area (TPSA) is 71.3 Å². The number of nitrogens with one attached hydrogen (secondary N) is 1. The molecule has 3 fully saturated rings. The van der Waals surface area contributed by atoms with E-state index in [-0.39, 0.29) is 23.9 Å². The minimum Gasteiger partial charge on any atom is -0.339 e. The van der Waals surface area contributed by atoms with Crippen molar-refractivity contribution < 1.29 is 22.5 Å². The molecular weight excluding hydrogens is 445 g/mol. The summed E-state index contributed by atoms with van der Waals surface area (Å²) in [5.74, 6) is 1.52. The largest absolute Gasteiger partial charge is 0.416 e. The molecule has 1 N–H and O–H groups in total. The number of aromatic nitrogens is 2. The molecule has 2 amide bonds. The Morgan fingerprint density at radius 1 is 1.21 bits per heavy atom. The number of hydrogen-bond donors (Lipinski definition) is 1. The second-order valence-corrected chi connectivity index (χ2v) is 9.41. The van der Waals surface area contributed by atoms with Crippen LogP contribution in [0, 0.1) is 5.92 Å². The van der Waals surface area contributed by atoms with Gasteiger partial charge in [0.25, 0.3) is 0 Å². The van der Waals surface area contributed by atoms with Gasteiger partial charge >= 0.3 is 12.2 Å². The van der Waals surface area contributed by atoms with Crippen molar-refractivity contribution in [1.29, 1.82) is 0 Å². The van der Waals surface area contributed by atoms with E-state index in [1.165, 1.54) is 17.7 Å². The number of amides is 2. The third-order valence-corrected chi connectivity index (χ3v) is 7.19. The van der Waals surface area contributed by atoms with Gasteiger partial charge in [0.15, 0.2) is 5.82 Å². The van der Waals surface area contributed by atoms with Crippen molar-refractivity contribution in [2.75, 3.05) is 11.9 Å². The first kappa shape index (κ1) is 22.7. The maximum atomic E-state index is 13.0. The Hall–Kier alpha value is -3.10. The number of nitrogens with zero attached hydrogens (tertiary/aromatic N) is 3. The molecule has 2 bridgehead atoms. The van der Waals surface area contributed by atoms with Crippen LogP contribution in [-0.2, 0) is 6.18 Å². The minimum atomic E-state index is -4.41. The highest BCUT2D eigenvalue weighted by Crippen LogP contribution is 2.44. The molecule has 4 atom stereocenters. The number of carbonyl (C=O) groups excluding carboxylic acids is 1. The van der Waals surface area contributed by atoms with Crippen molar-refractivity contribution in [3.63, 3.8) is 0 Å². The first-order valence-corrected chi connectivity index (χ1v) is 11.7. The normalized spacial score (nSPS) is 25.2. The van der Waals surface area contributed by atoms with Gasteiger partial charge in [-0.15, -0.1) is 0 Å². The first-order chi connectivity index (χ1) is 16.3. The number of halogens is 3. The maximum absolute atomic E-state index is 13.0. The molecule has 180 valence electrons. The molecule has 2 aliphatic heterocycles. The molecule has 9 heteroatoms. The van der Waals surface area contributed by atoms with Crippen molar-refractivity contribution in [2.24, 2.45) is 5.92 Å². The quantitative estimate of drug-likeness (QED) is 0.570. The molecule has 0 spiro atoms. The van der Waals surface area contributed by atoms with Gasteiger partial charge in [-0.05, 0) is 67.9 Å². The van der Waals surface area contributed by atoms with Crippen molar-refractivity contribution >= 4 is 11.7 Å². The zero-order valence-corrected chi connectivity index (χ0v) is 18.9. The fourth-order valence-electron chi connectivity index (χ4n) is 5.31. The smallest absolute Gasteiger partial charge is 0.339 e. The predicted octanol–water partition coefficient (Wildman–Crippen LogP) is 6.27. The summed E-state index contributed by atoms with van der Waals surface area (Å²) in [4.78, 5) is 19.5. The molecule has 2 saturated heterocycles. The van der Waals surface area contributed by atoms with Crippen LogP contribution in [0.25, 0.3) is 0 Å². The van der Waals surface area contributed by atoms with E-state index in [9.17, 15) is 18.0 Å². The predicted molar refractivity (Wildman–Crippen MR) is 120 cm³/mol. The van der Waals surface area contributed by atoms with E-state index in [0.717, 1.165) is 44.2 Å². The Balaban J connectivity index is 1.29. The van der Waals surface area contributed by atoms with Gasteiger partial charge in [0.2, 0.25) is 5.89 Å². The highest BCUT2D eigenvalue weighted by molar-refractivity contribution is 5.89. The van der Waals surface area contributed by atoms with E-state index in [2.05, 4.69) is 35.6 Å². The SMILES string of the molecule is CC(C1=CCCC=C1)c1noc(C2CC3CCC2N(C(=O)Nc2ccc(C(F)(F)F)cc2)C3)n1. The van der Waals surface area contributed by atoms with Gasteiger partial charge in [0.1, 0.15) is 0 Å². The molecule has 6 rings (SSSR count). The molecule has 1 aromatic heterocycles. The van der Waals surface area contributed by atoms with Crippen LogP contribution in [0.4, 0.5) is 23.7 Å². The fraction of sp³-hybridized carbons (Fsp3) is 0.480. The average Bonchev–Trinajstić information content (AvgIpc) is 3.34. The summed E-state index contributed by atoms with van der Waals surface area (Å²) in [5.41, 5.74) is 0.767. The van der Waals surface area contributed by atoms with Crippen molar-refractivity contribution in [3.8, 4) is 0 Å². The molecular formula is C25H27F3N4O2. The van der Waals surface area contributed by atoms with Gasteiger partial charge in [0, 0.05) is 24.2 Å². The lowest BCUT2D eigenvalue weighted by Crippen LogP contribution is -2.55.